The minimum atomic E-state index is -0.0225. The van der Waals surface area contributed by atoms with Crippen molar-refractivity contribution in [3.05, 3.63) is 42.1 Å². The SMILES string of the molecule is O=C(CCC1CCCC1)NC1CCN(C(=O)c2cc(-c3ccccc3)n[nH]2)CC1. The van der Waals surface area contributed by atoms with Crippen molar-refractivity contribution >= 4 is 11.8 Å². The van der Waals surface area contributed by atoms with Crippen LogP contribution < -0.4 is 5.32 Å². The van der Waals surface area contributed by atoms with Gasteiger partial charge in [0, 0.05) is 31.1 Å². The minimum absolute atomic E-state index is 0.0225. The fraction of sp³-hybridized carbons (Fsp3) is 0.522. The minimum Gasteiger partial charge on any atom is -0.353 e. The van der Waals surface area contributed by atoms with Gasteiger partial charge in [0.1, 0.15) is 5.69 Å². The number of nitrogens with zero attached hydrogens (tertiary/aromatic N) is 2. The Labute approximate surface area is 172 Å². The fourth-order valence-corrected chi connectivity index (χ4v) is 4.52. The van der Waals surface area contributed by atoms with Crippen LogP contribution in [-0.2, 0) is 4.79 Å². The molecule has 0 bridgehead atoms. The van der Waals surface area contributed by atoms with Gasteiger partial charge >= 0.3 is 0 Å². The van der Waals surface area contributed by atoms with Crippen LogP contribution in [0.2, 0.25) is 0 Å². The van der Waals surface area contributed by atoms with Crippen molar-refractivity contribution in [1.82, 2.24) is 20.4 Å². The molecule has 2 aromatic rings. The zero-order valence-corrected chi connectivity index (χ0v) is 16.9. The first-order valence-corrected chi connectivity index (χ1v) is 10.9. The van der Waals surface area contributed by atoms with Crippen LogP contribution in [0.4, 0.5) is 0 Å². The number of nitrogens with one attached hydrogen (secondary N) is 2. The molecule has 1 aromatic heterocycles. The molecule has 2 heterocycles. The molecule has 2 aliphatic rings. The lowest BCUT2D eigenvalue weighted by molar-refractivity contribution is -0.122. The van der Waals surface area contributed by atoms with E-state index in [2.05, 4.69) is 15.5 Å². The molecule has 0 radical (unpaired) electrons. The van der Waals surface area contributed by atoms with Crippen molar-refractivity contribution in [2.75, 3.05) is 13.1 Å². The summed E-state index contributed by atoms with van der Waals surface area (Å²) in [7, 11) is 0. The van der Waals surface area contributed by atoms with Crippen LogP contribution in [0.15, 0.2) is 36.4 Å². The molecular formula is C23H30N4O2. The number of H-pyrrole nitrogens is 1. The number of aromatic nitrogens is 2. The first-order valence-electron chi connectivity index (χ1n) is 10.9. The largest absolute Gasteiger partial charge is 0.353 e. The van der Waals surface area contributed by atoms with Gasteiger partial charge in [-0.2, -0.15) is 5.10 Å². The third-order valence-corrected chi connectivity index (χ3v) is 6.28. The average Bonchev–Trinajstić information content (AvgIpc) is 3.45. The number of hydrogen-bond acceptors (Lipinski definition) is 3. The molecule has 2 amide bonds. The summed E-state index contributed by atoms with van der Waals surface area (Å²) in [5, 5.41) is 10.3. The molecule has 4 rings (SSSR count). The van der Waals surface area contributed by atoms with E-state index in [-0.39, 0.29) is 17.9 Å². The normalized spacial score (nSPS) is 18.1. The van der Waals surface area contributed by atoms with Crippen LogP contribution in [0, 0.1) is 5.92 Å². The number of piperidine rings is 1. The number of hydrogen-bond donors (Lipinski definition) is 2. The van der Waals surface area contributed by atoms with E-state index in [1.165, 1.54) is 25.7 Å². The highest BCUT2D eigenvalue weighted by atomic mass is 16.2. The molecule has 1 aromatic carbocycles. The van der Waals surface area contributed by atoms with Crippen molar-refractivity contribution in [3.63, 3.8) is 0 Å². The highest BCUT2D eigenvalue weighted by Gasteiger charge is 2.26. The van der Waals surface area contributed by atoms with Gasteiger partial charge in [0.2, 0.25) is 5.91 Å². The maximum atomic E-state index is 12.8. The van der Waals surface area contributed by atoms with Gasteiger partial charge in [0.25, 0.3) is 5.91 Å². The Morgan fingerprint density at radius 3 is 2.52 bits per heavy atom. The molecule has 6 nitrogen and oxygen atoms in total. The Balaban J connectivity index is 1.23. The number of likely N-dealkylation sites (tertiary alicyclic amines) is 1. The second kappa shape index (κ2) is 9.25. The molecule has 0 atom stereocenters. The number of benzene rings is 1. The Morgan fingerprint density at radius 2 is 1.79 bits per heavy atom. The Kier molecular flexibility index (Phi) is 6.27. The van der Waals surface area contributed by atoms with Crippen LogP contribution in [-0.4, -0.2) is 46.0 Å². The maximum Gasteiger partial charge on any atom is 0.271 e. The summed E-state index contributed by atoms with van der Waals surface area (Å²) in [6, 6.07) is 11.8. The molecule has 29 heavy (non-hydrogen) atoms. The van der Waals surface area contributed by atoms with Crippen LogP contribution >= 0.6 is 0 Å². The highest BCUT2D eigenvalue weighted by Crippen LogP contribution is 2.28. The van der Waals surface area contributed by atoms with Gasteiger partial charge in [0.05, 0.1) is 5.69 Å². The first kappa shape index (κ1) is 19.7. The summed E-state index contributed by atoms with van der Waals surface area (Å²) in [5.41, 5.74) is 2.28. The molecule has 0 spiro atoms. The van der Waals surface area contributed by atoms with E-state index >= 15 is 0 Å². The van der Waals surface area contributed by atoms with E-state index in [1.807, 2.05) is 41.3 Å². The van der Waals surface area contributed by atoms with Crippen molar-refractivity contribution in [2.24, 2.45) is 5.92 Å². The second-order valence-corrected chi connectivity index (χ2v) is 8.36. The van der Waals surface area contributed by atoms with Gasteiger partial charge in [-0.1, -0.05) is 56.0 Å². The van der Waals surface area contributed by atoms with Crippen molar-refractivity contribution in [2.45, 2.75) is 57.4 Å². The van der Waals surface area contributed by atoms with Gasteiger partial charge in [-0.3, -0.25) is 14.7 Å². The van der Waals surface area contributed by atoms with E-state index in [1.54, 1.807) is 0 Å². The Bertz CT molecular complexity index is 818. The van der Waals surface area contributed by atoms with E-state index in [9.17, 15) is 9.59 Å². The average molecular weight is 395 g/mol. The Morgan fingerprint density at radius 1 is 1.07 bits per heavy atom. The fourth-order valence-electron chi connectivity index (χ4n) is 4.52. The number of rotatable bonds is 6. The van der Waals surface area contributed by atoms with E-state index < -0.39 is 0 Å². The van der Waals surface area contributed by atoms with Crippen molar-refractivity contribution in [3.8, 4) is 11.3 Å². The standard InChI is InChI=1S/C23H30N4O2/c28-22(11-10-17-6-4-5-7-17)24-19-12-14-27(15-13-19)23(29)21-16-20(25-26-21)18-8-2-1-3-9-18/h1-3,8-9,16-17,19H,4-7,10-15H2,(H,24,28)(H,25,26). The molecule has 0 unspecified atom stereocenters. The number of aromatic amines is 1. The van der Waals surface area contributed by atoms with Crippen LogP contribution in [0.25, 0.3) is 11.3 Å². The van der Waals surface area contributed by atoms with Crippen LogP contribution in [0.1, 0.15) is 61.9 Å². The summed E-state index contributed by atoms with van der Waals surface area (Å²) in [6.07, 6.45) is 8.48. The van der Waals surface area contributed by atoms with Crippen LogP contribution in [0.5, 0.6) is 0 Å². The summed E-state index contributed by atoms with van der Waals surface area (Å²) in [4.78, 5) is 26.9. The van der Waals surface area contributed by atoms with Crippen LogP contribution in [0.3, 0.4) is 0 Å². The second-order valence-electron chi connectivity index (χ2n) is 8.36. The summed E-state index contributed by atoms with van der Waals surface area (Å²) in [5.74, 6) is 0.892. The van der Waals surface area contributed by atoms with Gasteiger partial charge in [-0.05, 0) is 31.2 Å². The molecule has 1 aliphatic carbocycles. The molecule has 6 heteroatoms. The lowest BCUT2D eigenvalue weighted by Crippen LogP contribution is -2.46. The van der Waals surface area contributed by atoms with Gasteiger partial charge < -0.3 is 10.2 Å². The lowest BCUT2D eigenvalue weighted by Gasteiger charge is -2.32. The monoisotopic (exact) mass is 394 g/mol. The molecule has 1 saturated carbocycles. The van der Waals surface area contributed by atoms with E-state index in [4.69, 9.17) is 0 Å². The molecule has 2 N–H and O–H groups in total. The van der Waals surface area contributed by atoms with E-state index in [0.29, 0.717) is 25.2 Å². The first-order chi connectivity index (χ1) is 14.2. The van der Waals surface area contributed by atoms with Gasteiger partial charge in [-0.15, -0.1) is 0 Å². The van der Waals surface area contributed by atoms with E-state index in [0.717, 1.165) is 36.4 Å². The molecule has 2 fully saturated rings. The highest BCUT2D eigenvalue weighted by molar-refractivity contribution is 5.93. The number of carbonyl (C=O) groups excluding carboxylic acids is 2. The predicted molar refractivity (Wildman–Crippen MR) is 112 cm³/mol. The molecular weight excluding hydrogens is 364 g/mol. The smallest absolute Gasteiger partial charge is 0.271 e. The van der Waals surface area contributed by atoms with Gasteiger partial charge in [-0.25, -0.2) is 0 Å². The third kappa shape index (κ3) is 5.05. The zero-order chi connectivity index (χ0) is 20.1. The molecule has 154 valence electrons. The molecule has 1 saturated heterocycles. The maximum absolute atomic E-state index is 12.8. The Hall–Kier alpha value is -2.63. The lowest BCUT2D eigenvalue weighted by atomic mass is 10.0. The summed E-state index contributed by atoms with van der Waals surface area (Å²) >= 11 is 0. The summed E-state index contributed by atoms with van der Waals surface area (Å²) in [6.45, 7) is 1.32. The molecule has 1 aliphatic heterocycles. The zero-order valence-electron chi connectivity index (χ0n) is 16.9. The third-order valence-electron chi connectivity index (χ3n) is 6.28. The quantitative estimate of drug-likeness (QED) is 0.783. The predicted octanol–water partition coefficient (Wildman–Crippen LogP) is 3.77. The number of carbonyl (C=O) groups is 2. The summed E-state index contributed by atoms with van der Waals surface area (Å²) < 4.78 is 0. The van der Waals surface area contributed by atoms with Crippen molar-refractivity contribution < 1.29 is 9.59 Å². The topological polar surface area (TPSA) is 78.1 Å². The number of amides is 2. The van der Waals surface area contributed by atoms with Crippen molar-refractivity contribution in [1.29, 1.82) is 0 Å². The van der Waals surface area contributed by atoms with Gasteiger partial charge in [0.15, 0.2) is 0 Å².